The average molecular weight is 206 g/mol. The fourth-order valence-electron chi connectivity index (χ4n) is 1.98. The summed E-state index contributed by atoms with van der Waals surface area (Å²) in [5.41, 5.74) is 4.97. The molecule has 0 fully saturated rings. The molecule has 16 heavy (non-hydrogen) atoms. The number of rotatable bonds is 2. The Kier molecular flexibility index (Phi) is 2.22. The fraction of sp³-hybridized carbons (Fsp3) is 0.0667. The maximum atomic E-state index is 4.32. The van der Waals surface area contributed by atoms with E-state index in [9.17, 15) is 0 Å². The van der Waals surface area contributed by atoms with E-state index >= 15 is 0 Å². The lowest BCUT2D eigenvalue weighted by Crippen LogP contribution is -1.90. The van der Waals surface area contributed by atoms with Gasteiger partial charge in [-0.2, -0.15) is 0 Å². The maximum Gasteiger partial charge on any atom is 0.0705 e. The minimum Gasteiger partial charge on any atom is -0.256 e. The van der Waals surface area contributed by atoms with E-state index in [1.165, 1.54) is 16.7 Å². The van der Waals surface area contributed by atoms with Crippen LogP contribution in [-0.2, 0) is 6.42 Å². The molecule has 2 aromatic rings. The van der Waals surface area contributed by atoms with Crippen molar-refractivity contribution in [2.75, 3.05) is 0 Å². The molecule has 0 atom stereocenters. The molecule has 77 valence electrons. The summed E-state index contributed by atoms with van der Waals surface area (Å²) in [6.07, 6.45) is 4.88. The van der Waals surface area contributed by atoms with Crippen LogP contribution in [0, 0.1) is 0 Å². The molecule has 2 aromatic carbocycles. The van der Waals surface area contributed by atoms with Crippen LogP contribution < -0.4 is 5.32 Å². The van der Waals surface area contributed by atoms with Gasteiger partial charge >= 0.3 is 0 Å². The van der Waals surface area contributed by atoms with Crippen molar-refractivity contribution < 1.29 is 0 Å². The third-order valence-electron chi connectivity index (χ3n) is 2.81. The molecule has 0 spiro atoms. The van der Waals surface area contributed by atoms with Crippen molar-refractivity contribution in [2.24, 2.45) is 0 Å². The van der Waals surface area contributed by atoms with Crippen LogP contribution in [-0.4, -0.2) is 0 Å². The predicted octanol–water partition coefficient (Wildman–Crippen LogP) is 3.50. The quantitative estimate of drug-likeness (QED) is 0.714. The summed E-state index contributed by atoms with van der Waals surface area (Å²) in [6.45, 7) is 0. The predicted molar refractivity (Wildman–Crippen MR) is 66.5 cm³/mol. The smallest absolute Gasteiger partial charge is 0.0705 e. The van der Waals surface area contributed by atoms with Gasteiger partial charge in [-0.1, -0.05) is 42.5 Å². The highest BCUT2D eigenvalue weighted by Gasteiger charge is 2.06. The zero-order chi connectivity index (χ0) is 10.8. The van der Waals surface area contributed by atoms with Gasteiger partial charge in [0.15, 0.2) is 0 Å². The third-order valence-corrected chi connectivity index (χ3v) is 2.81. The van der Waals surface area contributed by atoms with Crippen LogP contribution >= 0.6 is 0 Å². The zero-order valence-corrected chi connectivity index (χ0v) is 8.93. The molecule has 0 aromatic heterocycles. The van der Waals surface area contributed by atoms with Crippen LogP contribution in [0.15, 0.2) is 54.7 Å². The van der Waals surface area contributed by atoms with E-state index in [0.29, 0.717) is 0 Å². The van der Waals surface area contributed by atoms with Crippen LogP contribution in [0.5, 0.6) is 0 Å². The van der Waals surface area contributed by atoms with Gasteiger partial charge in [0.2, 0.25) is 0 Å². The molecule has 1 radical (unpaired) electrons. The van der Waals surface area contributed by atoms with E-state index in [-0.39, 0.29) is 0 Å². The lowest BCUT2D eigenvalue weighted by atomic mass is 10.0. The summed E-state index contributed by atoms with van der Waals surface area (Å²) in [5.74, 6) is 0. The zero-order valence-electron chi connectivity index (χ0n) is 8.93. The van der Waals surface area contributed by atoms with Crippen LogP contribution in [0.4, 0.5) is 5.69 Å². The van der Waals surface area contributed by atoms with Crippen molar-refractivity contribution in [3.05, 3.63) is 71.4 Å². The molecule has 1 heterocycles. The summed E-state index contributed by atoms with van der Waals surface area (Å²) in [4.78, 5) is 0. The van der Waals surface area contributed by atoms with E-state index in [1.807, 2.05) is 18.3 Å². The van der Waals surface area contributed by atoms with Crippen LogP contribution in [0.2, 0.25) is 0 Å². The standard InChI is InChI=1S/C15H12N/c1-2-4-12(5-3-1)10-13-6-7-14-8-9-16-15(14)11-13/h1-9,11H,10H2. The Morgan fingerprint density at radius 1 is 0.875 bits per heavy atom. The van der Waals surface area contributed by atoms with Crippen molar-refractivity contribution in [1.82, 2.24) is 5.32 Å². The van der Waals surface area contributed by atoms with E-state index in [4.69, 9.17) is 0 Å². The molecule has 1 heteroatoms. The van der Waals surface area contributed by atoms with Gasteiger partial charge in [-0.15, -0.1) is 0 Å². The van der Waals surface area contributed by atoms with Gasteiger partial charge < -0.3 is 0 Å². The van der Waals surface area contributed by atoms with Crippen LogP contribution in [0.3, 0.4) is 0 Å². The van der Waals surface area contributed by atoms with Gasteiger partial charge in [-0.3, -0.25) is 5.32 Å². The Hall–Kier alpha value is -2.02. The van der Waals surface area contributed by atoms with Crippen LogP contribution in [0.25, 0.3) is 6.08 Å². The number of fused-ring (bicyclic) bond motifs is 1. The molecule has 0 N–H and O–H groups in total. The summed E-state index contributed by atoms with van der Waals surface area (Å²) in [6, 6.07) is 17.0. The second kappa shape index (κ2) is 3.86. The Labute approximate surface area is 95.4 Å². The van der Waals surface area contributed by atoms with Crippen molar-refractivity contribution in [3.63, 3.8) is 0 Å². The van der Waals surface area contributed by atoms with Crippen LogP contribution in [0.1, 0.15) is 16.7 Å². The topological polar surface area (TPSA) is 14.1 Å². The highest BCUT2D eigenvalue weighted by atomic mass is 14.9. The van der Waals surface area contributed by atoms with E-state index in [0.717, 1.165) is 12.1 Å². The SMILES string of the molecule is C1=Cc2ccc(Cc3ccccc3)cc2[N]1. The minimum atomic E-state index is 0.976. The molecule has 1 aliphatic rings. The second-order valence-electron chi connectivity index (χ2n) is 4.00. The Balaban J connectivity index is 1.87. The molecule has 0 aliphatic carbocycles. The number of nitrogens with zero attached hydrogens (tertiary/aromatic N) is 1. The summed E-state index contributed by atoms with van der Waals surface area (Å²) in [7, 11) is 0. The fourth-order valence-corrected chi connectivity index (χ4v) is 1.98. The molecule has 1 nitrogen and oxygen atoms in total. The number of hydrogen-bond donors (Lipinski definition) is 0. The molecule has 0 unspecified atom stereocenters. The summed E-state index contributed by atoms with van der Waals surface area (Å²) in [5, 5.41) is 4.32. The molecular weight excluding hydrogens is 194 g/mol. The maximum absolute atomic E-state index is 4.32. The van der Waals surface area contributed by atoms with Crippen molar-refractivity contribution in [3.8, 4) is 0 Å². The van der Waals surface area contributed by atoms with Gasteiger partial charge in [-0.25, -0.2) is 0 Å². The first-order chi connectivity index (χ1) is 7.92. The lowest BCUT2D eigenvalue weighted by Gasteiger charge is -2.04. The molecule has 0 bridgehead atoms. The molecule has 1 aliphatic heterocycles. The average Bonchev–Trinajstić information content (AvgIpc) is 2.77. The largest absolute Gasteiger partial charge is 0.256 e. The normalized spacial score (nSPS) is 12.2. The molecule has 0 amide bonds. The Morgan fingerprint density at radius 2 is 1.75 bits per heavy atom. The molecule has 0 saturated carbocycles. The highest BCUT2D eigenvalue weighted by molar-refractivity contribution is 5.69. The van der Waals surface area contributed by atoms with Crippen molar-refractivity contribution in [1.29, 1.82) is 0 Å². The third kappa shape index (κ3) is 1.72. The first-order valence-corrected chi connectivity index (χ1v) is 5.46. The minimum absolute atomic E-state index is 0.976. The highest BCUT2D eigenvalue weighted by Crippen LogP contribution is 2.25. The Morgan fingerprint density at radius 3 is 2.62 bits per heavy atom. The van der Waals surface area contributed by atoms with Gasteiger partial charge in [0.25, 0.3) is 0 Å². The van der Waals surface area contributed by atoms with Crippen molar-refractivity contribution in [2.45, 2.75) is 6.42 Å². The first-order valence-electron chi connectivity index (χ1n) is 5.46. The van der Waals surface area contributed by atoms with Gasteiger partial charge in [0.1, 0.15) is 0 Å². The molecular formula is C15H12N. The number of benzene rings is 2. The van der Waals surface area contributed by atoms with Gasteiger partial charge in [-0.05, 0) is 29.7 Å². The molecule has 3 rings (SSSR count). The van der Waals surface area contributed by atoms with Gasteiger partial charge in [0.05, 0.1) is 5.69 Å². The van der Waals surface area contributed by atoms with Crippen molar-refractivity contribution >= 4 is 11.8 Å². The second-order valence-corrected chi connectivity index (χ2v) is 4.00. The Bertz CT molecular complexity index is 526. The van der Waals surface area contributed by atoms with E-state index in [1.54, 1.807) is 0 Å². The van der Waals surface area contributed by atoms with Gasteiger partial charge in [0, 0.05) is 11.8 Å². The lowest BCUT2D eigenvalue weighted by molar-refractivity contribution is 1.16. The van der Waals surface area contributed by atoms with E-state index < -0.39 is 0 Å². The summed E-state index contributed by atoms with van der Waals surface area (Å²) < 4.78 is 0. The van der Waals surface area contributed by atoms with E-state index in [2.05, 4.69) is 47.8 Å². The summed E-state index contributed by atoms with van der Waals surface area (Å²) >= 11 is 0. The first kappa shape index (κ1) is 9.22. The molecule has 0 saturated heterocycles. The number of hydrogen-bond acceptors (Lipinski definition) is 0. The monoisotopic (exact) mass is 206 g/mol.